The highest BCUT2D eigenvalue weighted by Crippen LogP contribution is 1.97. The lowest BCUT2D eigenvalue weighted by atomic mass is 10.7. The Morgan fingerprint density at radius 2 is 2.43 bits per heavy atom. The molecule has 0 saturated carbocycles. The molecule has 1 fully saturated rings. The van der Waals surface area contributed by atoms with Gasteiger partial charge in [-0.05, 0) is 0 Å². The third-order valence-electron chi connectivity index (χ3n) is 0.724. The van der Waals surface area contributed by atoms with Crippen LogP contribution in [0, 0.1) is 0 Å². The lowest BCUT2D eigenvalue weighted by Crippen LogP contribution is -2.16. The van der Waals surface area contributed by atoms with Gasteiger partial charge in [0.1, 0.15) is 6.61 Å². The standard InChI is InChI=1S/C3H4NO3/c5-3-4(6)1-2-7-3/h1-2H2. The summed E-state index contributed by atoms with van der Waals surface area (Å²) in [6, 6.07) is 0. The van der Waals surface area contributed by atoms with E-state index in [0.717, 1.165) is 0 Å². The number of hydroxylamine groups is 2. The van der Waals surface area contributed by atoms with Gasteiger partial charge in [-0.3, -0.25) is 0 Å². The molecule has 0 aromatic rings. The Kier molecular flexibility index (Phi) is 0.867. The van der Waals surface area contributed by atoms with E-state index in [1.807, 2.05) is 0 Å². The lowest BCUT2D eigenvalue weighted by Gasteiger charge is -1.92. The van der Waals surface area contributed by atoms with Crippen molar-refractivity contribution >= 4 is 6.09 Å². The first-order valence-corrected chi connectivity index (χ1v) is 1.92. The molecule has 1 saturated heterocycles. The molecule has 1 heterocycles. The Morgan fingerprint density at radius 3 is 2.57 bits per heavy atom. The van der Waals surface area contributed by atoms with Crippen molar-refractivity contribution in [1.82, 2.24) is 5.06 Å². The molecule has 0 N–H and O–H groups in total. The van der Waals surface area contributed by atoms with Crippen molar-refractivity contribution in [1.29, 1.82) is 0 Å². The molecular weight excluding hydrogens is 98.0 g/mol. The minimum Gasteiger partial charge on any atom is -0.446 e. The Balaban J connectivity index is 2.48. The van der Waals surface area contributed by atoms with E-state index in [1.165, 1.54) is 0 Å². The Morgan fingerprint density at radius 1 is 1.71 bits per heavy atom. The molecule has 0 aromatic carbocycles. The lowest BCUT2D eigenvalue weighted by molar-refractivity contribution is -0.0987. The molecule has 0 spiro atoms. The van der Waals surface area contributed by atoms with Gasteiger partial charge in [-0.1, -0.05) is 5.21 Å². The maximum Gasteiger partial charge on any atom is 0.436 e. The summed E-state index contributed by atoms with van der Waals surface area (Å²) >= 11 is 0. The van der Waals surface area contributed by atoms with Crippen LogP contribution in [0.15, 0.2) is 0 Å². The van der Waals surface area contributed by atoms with Gasteiger partial charge in [0.05, 0.1) is 6.54 Å². The van der Waals surface area contributed by atoms with Gasteiger partial charge in [0, 0.05) is 0 Å². The van der Waals surface area contributed by atoms with Gasteiger partial charge in [0.25, 0.3) is 0 Å². The molecule has 1 radical (unpaired) electrons. The summed E-state index contributed by atoms with van der Waals surface area (Å²) in [5, 5.41) is 10.3. The molecule has 0 bridgehead atoms. The van der Waals surface area contributed by atoms with E-state index >= 15 is 0 Å². The Bertz CT molecular complexity index is 92.2. The predicted molar refractivity (Wildman–Crippen MR) is 18.7 cm³/mol. The average molecular weight is 102 g/mol. The number of carbonyl (C=O) groups excluding carboxylic acids is 1. The zero-order chi connectivity index (χ0) is 5.28. The Hall–Kier alpha value is -0.770. The van der Waals surface area contributed by atoms with Crippen molar-refractivity contribution < 1.29 is 14.7 Å². The minimum absolute atomic E-state index is 0.179. The van der Waals surface area contributed by atoms with Gasteiger partial charge in [0.15, 0.2) is 0 Å². The first-order valence-electron chi connectivity index (χ1n) is 1.92. The second kappa shape index (κ2) is 1.38. The molecule has 1 aliphatic rings. The normalized spacial score (nSPS) is 20.1. The highest BCUT2D eigenvalue weighted by molar-refractivity contribution is 5.67. The van der Waals surface area contributed by atoms with Crippen molar-refractivity contribution in [2.45, 2.75) is 0 Å². The zero-order valence-electron chi connectivity index (χ0n) is 3.59. The number of hydrogen-bond donors (Lipinski definition) is 0. The maximum atomic E-state index is 10.0. The number of carbonyl (C=O) groups is 1. The zero-order valence-corrected chi connectivity index (χ0v) is 3.59. The minimum atomic E-state index is -0.764. The van der Waals surface area contributed by atoms with Crippen molar-refractivity contribution in [2.24, 2.45) is 0 Å². The van der Waals surface area contributed by atoms with E-state index in [-0.39, 0.29) is 13.2 Å². The topological polar surface area (TPSA) is 49.4 Å². The van der Waals surface area contributed by atoms with Crippen molar-refractivity contribution in [2.75, 3.05) is 13.2 Å². The fourth-order valence-electron chi connectivity index (χ4n) is 0.379. The second-order valence-corrected chi connectivity index (χ2v) is 1.22. The number of rotatable bonds is 0. The molecule has 1 amide bonds. The van der Waals surface area contributed by atoms with Crippen molar-refractivity contribution in [3.63, 3.8) is 0 Å². The maximum absolute atomic E-state index is 10.0. The number of ether oxygens (including phenoxy) is 1. The fraction of sp³-hybridized carbons (Fsp3) is 0.667. The molecule has 1 aliphatic heterocycles. The van der Waals surface area contributed by atoms with Crippen LogP contribution in [0.2, 0.25) is 0 Å². The SMILES string of the molecule is [O]N1CCOC1=O. The number of cyclic esters (lactones) is 1. The van der Waals surface area contributed by atoms with Crippen LogP contribution >= 0.6 is 0 Å². The largest absolute Gasteiger partial charge is 0.446 e. The van der Waals surface area contributed by atoms with Crippen LogP contribution in [0.3, 0.4) is 0 Å². The van der Waals surface area contributed by atoms with Crippen molar-refractivity contribution in [3.8, 4) is 0 Å². The van der Waals surface area contributed by atoms with E-state index in [4.69, 9.17) is 0 Å². The van der Waals surface area contributed by atoms with Crippen LogP contribution in [-0.4, -0.2) is 24.3 Å². The predicted octanol–water partition coefficient (Wildman–Crippen LogP) is -0.216. The quantitative estimate of drug-likeness (QED) is 0.424. The molecule has 4 heteroatoms. The van der Waals surface area contributed by atoms with Gasteiger partial charge >= 0.3 is 6.09 Å². The van der Waals surface area contributed by atoms with E-state index in [9.17, 15) is 10.0 Å². The third kappa shape index (κ3) is 0.640. The number of hydrogen-bond acceptors (Lipinski definition) is 2. The molecule has 39 valence electrons. The van der Waals surface area contributed by atoms with Crippen molar-refractivity contribution in [3.05, 3.63) is 0 Å². The van der Waals surface area contributed by atoms with Crippen LogP contribution in [0.25, 0.3) is 0 Å². The van der Waals surface area contributed by atoms with Crippen LogP contribution < -0.4 is 0 Å². The second-order valence-electron chi connectivity index (χ2n) is 1.22. The number of nitrogens with zero attached hydrogens (tertiary/aromatic N) is 1. The monoisotopic (exact) mass is 102 g/mol. The molecule has 4 nitrogen and oxygen atoms in total. The first kappa shape index (κ1) is 4.39. The molecule has 7 heavy (non-hydrogen) atoms. The summed E-state index contributed by atoms with van der Waals surface area (Å²) in [4.78, 5) is 9.97. The van der Waals surface area contributed by atoms with E-state index in [2.05, 4.69) is 4.74 Å². The van der Waals surface area contributed by atoms with Gasteiger partial charge in [-0.2, -0.15) is 0 Å². The molecule has 0 aromatic heterocycles. The smallest absolute Gasteiger partial charge is 0.436 e. The highest BCUT2D eigenvalue weighted by atomic mass is 16.6. The average Bonchev–Trinajstić information content (AvgIpc) is 1.91. The van der Waals surface area contributed by atoms with Gasteiger partial charge in [-0.15, -0.1) is 5.06 Å². The van der Waals surface area contributed by atoms with Crippen LogP contribution in [0.1, 0.15) is 0 Å². The molecule has 0 atom stereocenters. The third-order valence-corrected chi connectivity index (χ3v) is 0.724. The number of amides is 1. The fourth-order valence-corrected chi connectivity index (χ4v) is 0.379. The molecule has 1 rings (SSSR count). The molecule has 0 unspecified atom stereocenters. The van der Waals surface area contributed by atoms with E-state index in [1.54, 1.807) is 0 Å². The molecule has 0 aliphatic carbocycles. The van der Waals surface area contributed by atoms with Crippen LogP contribution in [0.5, 0.6) is 0 Å². The van der Waals surface area contributed by atoms with Gasteiger partial charge in [-0.25, -0.2) is 4.79 Å². The summed E-state index contributed by atoms with van der Waals surface area (Å²) in [6.45, 7) is 0.418. The summed E-state index contributed by atoms with van der Waals surface area (Å²) in [6.07, 6.45) is -0.764. The summed E-state index contributed by atoms with van der Waals surface area (Å²) in [5.41, 5.74) is 0. The summed E-state index contributed by atoms with van der Waals surface area (Å²) in [7, 11) is 0. The van der Waals surface area contributed by atoms with Gasteiger partial charge < -0.3 is 4.74 Å². The molecular formula is C3H4NO3. The highest BCUT2D eigenvalue weighted by Gasteiger charge is 2.20. The first-order chi connectivity index (χ1) is 3.30. The summed E-state index contributed by atoms with van der Waals surface area (Å²) in [5.74, 6) is 0. The van der Waals surface area contributed by atoms with E-state index < -0.39 is 6.09 Å². The van der Waals surface area contributed by atoms with Crippen LogP contribution in [-0.2, 0) is 9.94 Å². The Labute approximate surface area is 40.2 Å². The van der Waals surface area contributed by atoms with Gasteiger partial charge in [0.2, 0.25) is 0 Å². The summed E-state index contributed by atoms with van der Waals surface area (Å²) < 4.78 is 4.24. The van der Waals surface area contributed by atoms with E-state index in [0.29, 0.717) is 5.06 Å². The van der Waals surface area contributed by atoms with Crippen LogP contribution in [0.4, 0.5) is 4.79 Å².